The van der Waals surface area contributed by atoms with Gasteiger partial charge in [0.2, 0.25) is 0 Å². The summed E-state index contributed by atoms with van der Waals surface area (Å²) in [4.78, 5) is 0. The monoisotopic (exact) mass is 277 g/mol. The minimum Gasteiger partial charge on any atom is -0.492 e. The van der Waals surface area contributed by atoms with Crippen LogP contribution in [0.3, 0.4) is 0 Å². The first kappa shape index (κ1) is 12.9. The molecular formula is C12H14Cl2FNO. The van der Waals surface area contributed by atoms with Gasteiger partial charge >= 0.3 is 0 Å². The SMILES string of the molecule is Cl.Fc1ccc(OCC2C3CNCC32)c(Cl)c1. The molecule has 2 atom stereocenters. The molecule has 1 aromatic rings. The summed E-state index contributed by atoms with van der Waals surface area (Å²) in [6.07, 6.45) is 0. The molecule has 5 heteroatoms. The van der Waals surface area contributed by atoms with E-state index in [-0.39, 0.29) is 18.2 Å². The normalized spacial score (nSPS) is 29.4. The maximum absolute atomic E-state index is 12.8. The number of hydrogen-bond acceptors (Lipinski definition) is 2. The minimum atomic E-state index is -0.329. The predicted molar refractivity (Wildman–Crippen MR) is 67.5 cm³/mol. The Morgan fingerprint density at radius 3 is 2.71 bits per heavy atom. The van der Waals surface area contributed by atoms with Crippen LogP contribution in [0.25, 0.3) is 0 Å². The maximum Gasteiger partial charge on any atom is 0.138 e. The molecule has 0 bridgehead atoms. The minimum absolute atomic E-state index is 0. The van der Waals surface area contributed by atoms with E-state index in [4.69, 9.17) is 16.3 Å². The third-order valence-corrected chi connectivity index (χ3v) is 3.89. The third-order valence-electron chi connectivity index (χ3n) is 3.59. The zero-order valence-corrected chi connectivity index (χ0v) is 10.7. The van der Waals surface area contributed by atoms with Crippen molar-refractivity contribution in [2.24, 2.45) is 17.8 Å². The molecule has 2 unspecified atom stereocenters. The van der Waals surface area contributed by atoms with Crippen molar-refractivity contribution in [3.63, 3.8) is 0 Å². The van der Waals surface area contributed by atoms with Crippen LogP contribution >= 0.6 is 24.0 Å². The first-order valence-corrected chi connectivity index (χ1v) is 5.92. The Balaban J connectivity index is 0.00000108. The van der Waals surface area contributed by atoms with Gasteiger partial charge < -0.3 is 10.1 Å². The molecule has 2 nitrogen and oxygen atoms in total. The molecule has 2 fully saturated rings. The van der Waals surface area contributed by atoms with E-state index < -0.39 is 0 Å². The van der Waals surface area contributed by atoms with Crippen molar-refractivity contribution in [3.05, 3.63) is 29.0 Å². The zero-order chi connectivity index (χ0) is 11.1. The topological polar surface area (TPSA) is 21.3 Å². The lowest BCUT2D eigenvalue weighted by Gasteiger charge is -2.09. The number of piperidine rings is 1. The Morgan fingerprint density at radius 1 is 1.35 bits per heavy atom. The number of benzene rings is 1. The van der Waals surface area contributed by atoms with Crippen molar-refractivity contribution in [2.75, 3.05) is 19.7 Å². The molecule has 17 heavy (non-hydrogen) atoms. The average molecular weight is 278 g/mol. The van der Waals surface area contributed by atoms with Gasteiger partial charge in [-0.2, -0.15) is 0 Å². The van der Waals surface area contributed by atoms with Crippen LogP contribution in [0.15, 0.2) is 18.2 Å². The summed E-state index contributed by atoms with van der Waals surface area (Å²) in [5.41, 5.74) is 0. The van der Waals surface area contributed by atoms with Crippen LogP contribution in [0.4, 0.5) is 4.39 Å². The molecule has 2 aliphatic rings. The summed E-state index contributed by atoms with van der Waals surface area (Å²) in [5, 5.41) is 3.69. The Labute approximate surface area is 111 Å². The molecule has 1 saturated carbocycles. The van der Waals surface area contributed by atoms with E-state index in [1.807, 2.05) is 0 Å². The van der Waals surface area contributed by atoms with Crippen LogP contribution in [0.1, 0.15) is 0 Å². The highest BCUT2D eigenvalue weighted by Gasteiger charge is 2.52. The molecule has 1 N–H and O–H groups in total. The van der Waals surface area contributed by atoms with E-state index in [9.17, 15) is 4.39 Å². The highest BCUT2D eigenvalue weighted by Crippen LogP contribution is 2.48. The van der Waals surface area contributed by atoms with E-state index in [0.29, 0.717) is 23.3 Å². The molecule has 1 aliphatic heterocycles. The van der Waals surface area contributed by atoms with Crippen LogP contribution in [0, 0.1) is 23.6 Å². The summed E-state index contributed by atoms with van der Waals surface area (Å²) >= 11 is 5.88. The van der Waals surface area contributed by atoms with Gasteiger partial charge in [0.1, 0.15) is 11.6 Å². The van der Waals surface area contributed by atoms with E-state index in [1.165, 1.54) is 12.1 Å². The van der Waals surface area contributed by atoms with Crippen molar-refractivity contribution in [3.8, 4) is 5.75 Å². The van der Waals surface area contributed by atoms with E-state index in [2.05, 4.69) is 5.32 Å². The number of rotatable bonds is 3. The highest BCUT2D eigenvalue weighted by molar-refractivity contribution is 6.32. The third kappa shape index (κ3) is 2.51. The van der Waals surface area contributed by atoms with Gasteiger partial charge in [-0.05, 0) is 43.1 Å². The van der Waals surface area contributed by atoms with Crippen molar-refractivity contribution >= 4 is 24.0 Å². The van der Waals surface area contributed by atoms with Crippen LogP contribution < -0.4 is 10.1 Å². The van der Waals surface area contributed by atoms with Gasteiger partial charge in [0.05, 0.1) is 11.6 Å². The summed E-state index contributed by atoms with van der Waals surface area (Å²) in [7, 11) is 0. The van der Waals surface area contributed by atoms with Crippen molar-refractivity contribution in [1.82, 2.24) is 5.32 Å². The molecule has 0 spiro atoms. The summed E-state index contributed by atoms with van der Waals surface area (Å²) in [5.74, 6) is 2.46. The van der Waals surface area contributed by atoms with E-state index in [0.717, 1.165) is 24.9 Å². The Morgan fingerprint density at radius 2 is 2.06 bits per heavy atom. The van der Waals surface area contributed by atoms with Crippen molar-refractivity contribution in [2.45, 2.75) is 0 Å². The second-order valence-corrected chi connectivity index (χ2v) is 4.94. The first-order chi connectivity index (χ1) is 7.75. The van der Waals surface area contributed by atoms with Crippen LogP contribution in [-0.4, -0.2) is 19.7 Å². The quantitative estimate of drug-likeness (QED) is 0.918. The fraction of sp³-hybridized carbons (Fsp3) is 0.500. The van der Waals surface area contributed by atoms with Gasteiger partial charge in [-0.15, -0.1) is 12.4 Å². The molecule has 94 valence electrons. The number of fused-ring (bicyclic) bond motifs is 1. The van der Waals surface area contributed by atoms with E-state index >= 15 is 0 Å². The van der Waals surface area contributed by atoms with Gasteiger partial charge in [0.25, 0.3) is 0 Å². The number of nitrogens with one attached hydrogen (secondary N) is 1. The maximum atomic E-state index is 12.8. The molecule has 1 aromatic carbocycles. The number of hydrogen-bond donors (Lipinski definition) is 1. The van der Waals surface area contributed by atoms with Gasteiger partial charge in [0.15, 0.2) is 0 Å². The van der Waals surface area contributed by atoms with Crippen LogP contribution in [0.5, 0.6) is 5.75 Å². The smallest absolute Gasteiger partial charge is 0.138 e. The van der Waals surface area contributed by atoms with Gasteiger partial charge in [-0.3, -0.25) is 0 Å². The van der Waals surface area contributed by atoms with E-state index in [1.54, 1.807) is 6.07 Å². The van der Waals surface area contributed by atoms with Crippen molar-refractivity contribution < 1.29 is 9.13 Å². The Bertz CT molecular complexity index is 405. The summed E-state index contributed by atoms with van der Waals surface area (Å²) < 4.78 is 18.4. The van der Waals surface area contributed by atoms with Crippen LogP contribution in [-0.2, 0) is 0 Å². The van der Waals surface area contributed by atoms with Gasteiger partial charge in [-0.1, -0.05) is 11.6 Å². The second kappa shape index (κ2) is 5.01. The van der Waals surface area contributed by atoms with Crippen LogP contribution in [0.2, 0.25) is 5.02 Å². The largest absolute Gasteiger partial charge is 0.492 e. The lowest BCUT2D eigenvalue weighted by molar-refractivity contribution is 0.280. The Hall–Kier alpha value is -0.510. The number of halogens is 3. The molecule has 1 heterocycles. The second-order valence-electron chi connectivity index (χ2n) is 4.54. The molecule has 1 aliphatic carbocycles. The lowest BCUT2D eigenvalue weighted by atomic mass is 10.3. The summed E-state index contributed by atoms with van der Waals surface area (Å²) in [6, 6.07) is 4.25. The molecule has 0 radical (unpaired) electrons. The highest BCUT2D eigenvalue weighted by atomic mass is 35.5. The number of ether oxygens (including phenoxy) is 1. The molecule has 0 aromatic heterocycles. The van der Waals surface area contributed by atoms with Gasteiger partial charge in [-0.25, -0.2) is 4.39 Å². The Kier molecular flexibility index (Phi) is 3.81. The van der Waals surface area contributed by atoms with Crippen molar-refractivity contribution in [1.29, 1.82) is 0 Å². The standard InChI is InChI=1S/C12H13ClFNO.ClH/c13-11-3-7(14)1-2-12(11)16-6-10-8-4-15-5-9(8)10;/h1-3,8-10,15H,4-6H2;1H. The molecule has 3 rings (SSSR count). The lowest BCUT2D eigenvalue weighted by Crippen LogP contribution is -2.17. The molecule has 0 amide bonds. The molecular weight excluding hydrogens is 264 g/mol. The fourth-order valence-electron chi connectivity index (χ4n) is 2.57. The first-order valence-electron chi connectivity index (χ1n) is 5.54. The molecule has 1 saturated heterocycles. The summed E-state index contributed by atoms with van der Waals surface area (Å²) in [6.45, 7) is 2.91. The average Bonchev–Trinajstić information content (AvgIpc) is 2.71. The fourth-order valence-corrected chi connectivity index (χ4v) is 2.79. The van der Waals surface area contributed by atoms with Gasteiger partial charge in [0, 0.05) is 5.92 Å². The predicted octanol–water partition coefficient (Wildman–Crippen LogP) is 2.75. The zero-order valence-electron chi connectivity index (χ0n) is 9.16.